The van der Waals surface area contributed by atoms with E-state index in [1.165, 1.54) is 14.2 Å². The van der Waals surface area contributed by atoms with Gasteiger partial charge in [-0.2, -0.15) is 0 Å². The van der Waals surface area contributed by atoms with Gasteiger partial charge in [0.25, 0.3) is 0 Å². The molecule has 9 heteroatoms. The fraction of sp³-hybridized carbons (Fsp3) is 0.750. The van der Waals surface area contributed by atoms with Crippen molar-refractivity contribution >= 4 is 19.8 Å². The minimum atomic E-state index is -4.24. The summed E-state index contributed by atoms with van der Waals surface area (Å²) in [5.41, 5.74) is 0. The Morgan fingerprint density at radius 3 is 1.65 bits per heavy atom. The first kappa shape index (κ1) is 16.1. The van der Waals surface area contributed by atoms with Crippen LogP contribution in [0.2, 0.25) is 0 Å². The van der Waals surface area contributed by atoms with E-state index < -0.39 is 19.8 Å². The van der Waals surface area contributed by atoms with Crippen LogP contribution in [0.15, 0.2) is 0 Å². The van der Waals surface area contributed by atoms with Crippen molar-refractivity contribution in [1.29, 1.82) is 0 Å². The van der Waals surface area contributed by atoms with Gasteiger partial charge in [0.15, 0.2) is 0 Å². The first-order valence-corrected chi connectivity index (χ1v) is 6.16. The molecule has 0 aromatic carbocycles. The highest BCUT2D eigenvalue weighted by Crippen LogP contribution is 2.43. The molecule has 0 saturated carbocycles. The molecular formula is C8H15O8P. The molecule has 0 spiro atoms. The minimum absolute atomic E-state index is 0.165. The van der Waals surface area contributed by atoms with Crippen molar-refractivity contribution in [3.63, 3.8) is 0 Å². The largest absolute Gasteiger partial charge is 0.472 e. The smallest absolute Gasteiger partial charge is 0.469 e. The summed E-state index contributed by atoms with van der Waals surface area (Å²) in [4.78, 5) is 30.4. The first-order chi connectivity index (χ1) is 7.91. The van der Waals surface area contributed by atoms with E-state index in [1.54, 1.807) is 0 Å². The molecule has 0 saturated heterocycles. The second kappa shape index (κ2) is 8.19. The molecule has 0 aliphatic carbocycles. The normalized spacial score (nSPS) is 11.0. The van der Waals surface area contributed by atoms with Crippen molar-refractivity contribution in [2.75, 3.05) is 27.4 Å². The molecule has 0 unspecified atom stereocenters. The Kier molecular flexibility index (Phi) is 7.73. The summed E-state index contributed by atoms with van der Waals surface area (Å²) >= 11 is 0. The molecule has 8 nitrogen and oxygen atoms in total. The van der Waals surface area contributed by atoms with Gasteiger partial charge in [0.1, 0.15) is 0 Å². The van der Waals surface area contributed by atoms with Crippen LogP contribution >= 0.6 is 7.82 Å². The monoisotopic (exact) mass is 270 g/mol. The highest BCUT2D eigenvalue weighted by atomic mass is 31.2. The predicted molar refractivity (Wildman–Crippen MR) is 55.0 cm³/mol. The zero-order valence-corrected chi connectivity index (χ0v) is 10.5. The van der Waals surface area contributed by atoms with Crippen LogP contribution in [0.5, 0.6) is 0 Å². The van der Waals surface area contributed by atoms with Gasteiger partial charge in [-0.1, -0.05) is 0 Å². The van der Waals surface area contributed by atoms with Gasteiger partial charge >= 0.3 is 19.8 Å². The van der Waals surface area contributed by atoms with Crippen LogP contribution in [0.4, 0.5) is 0 Å². The summed E-state index contributed by atoms with van der Waals surface area (Å²) in [6.45, 7) is -0.614. The molecule has 0 aliphatic heterocycles. The molecule has 1 N–H and O–H groups in total. The van der Waals surface area contributed by atoms with Gasteiger partial charge in [-0.3, -0.25) is 18.6 Å². The molecule has 0 bridgehead atoms. The van der Waals surface area contributed by atoms with Crippen LogP contribution in [0.3, 0.4) is 0 Å². The number of rotatable bonds is 8. The number of carbonyl (C=O) groups excluding carboxylic acids is 2. The first-order valence-electron chi connectivity index (χ1n) is 4.67. The molecular weight excluding hydrogens is 255 g/mol. The van der Waals surface area contributed by atoms with Gasteiger partial charge in [0.05, 0.1) is 40.3 Å². The lowest BCUT2D eigenvalue weighted by Gasteiger charge is -2.11. The predicted octanol–water partition coefficient (Wildman–Crippen LogP) is 0.246. The van der Waals surface area contributed by atoms with Crippen LogP contribution in [-0.2, 0) is 32.7 Å². The molecule has 0 radical (unpaired) electrons. The second-order valence-electron chi connectivity index (χ2n) is 2.79. The standard InChI is InChI=1S/C8H15O8P/c1-13-7(9)3-5-15-17(11,12)16-6-4-8(10)14-2/h3-6H2,1-2H3,(H,11,12). The van der Waals surface area contributed by atoms with Crippen LogP contribution in [0.1, 0.15) is 12.8 Å². The number of phosphoric acid groups is 1. The summed E-state index contributed by atoms with van der Waals surface area (Å²) in [5.74, 6) is -1.14. The number of carbonyl (C=O) groups is 2. The fourth-order valence-electron chi connectivity index (χ4n) is 0.730. The molecule has 0 amide bonds. The Morgan fingerprint density at radius 2 is 1.35 bits per heavy atom. The quantitative estimate of drug-likeness (QED) is 0.493. The van der Waals surface area contributed by atoms with E-state index in [1.807, 2.05) is 0 Å². The maximum absolute atomic E-state index is 11.2. The van der Waals surface area contributed by atoms with Gasteiger partial charge in [-0.15, -0.1) is 0 Å². The fourth-order valence-corrected chi connectivity index (χ4v) is 1.45. The van der Waals surface area contributed by atoms with Crippen molar-refractivity contribution in [3.05, 3.63) is 0 Å². The van der Waals surface area contributed by atoms with Gasteiger partial charge in [-0.25, -0.2) is 4.57 Å². The number of ether oxygens (including phenoxy) is 2. The Bertz CT molecular complexity index is 276. The van der Waals surface area contributed by atoms with E-state index in [9.17, 15) is 14.2 Å². The molecule has 0 fully saturated rings. The van der Waals surface area contributed by atoms with Crippen molar-refractivity contribution in [2.45, 2.75) is 12.8 Å². The van der Waals surface area contributed by atoms with Crippen molar-refractivity contribution in [3.8, 4) is 0 Å². The topological polar surface area (TPSA) is 108 Å². The maximum atomic E-state index is 11.2. The number of hydrogen-bond acceptors (Lipinski definition) is 7. The third-order valence-corrected chi connectivity index (χ3v) is 2.59. The lowest BCUT2D eigenvalue weighted by molar-refractivity contribution is -0.141. The third-order valence-electron chi connectivity index (χ3n) is 1.58. The van der Waals surface area contributed by atoms with E-state index in [2.05, 4.69) is 18.5 Å². The zero-order chi connectivity index (χ0) is 13.3. The number of methoxy groups -OCH3 is 2. The van der Waals surface area contributed by atoms with Crippen molar-refractivity contribution < 1.29 is 37.6 Å². The molecule has 0 aliphatic rings. The van der Waals surface area contributed by atoms with Gasteiger partial charge in [-0.05, 0) is 0 Å². The number of phosphoric ester groups is 1. The number of hydrogen-bond donors (Lipinski definition) is 1. The van der Waals surface area contributed by atoms with Crippen LogP contribution in [0, 0.1) is 0 Å². The van der Waals surface area contributed by atoms with Crippen LogP contribution in [0.25, 0.3) is 0 Å². The van der Waals surface area contributed by atoms with E-state index in [0.717, 1.165) is 0 Å². The summed E-state index contributed by atoms with van der Waals surface area (Å²) < 4.78 is 28.7. The Labute approximate surface area is 98.4 Å². The van der Waals surface area contributed by atoms with Crippen LogP contribution < -0.4 is 0 Å². The molecule has 100 valence electrons. The molecule has 17 heavy (non-hydrogen) atoms. The SMILES string of the molecule is COC(=O)CCOP(=O)(O)OCCC(=O)OC. The van der Waals surface area contributed by atoms with Gasteiger partial charge in [0.2, 0.25) is 0 Å². The second-order valence-corrected chi connectivity index (χ2v) is 4.24. The van der Waals surface area contributed by atoms with E-state index in [-0.39, 0.29) is 26.1 Å². The zero-order valence-electron chi connectivity index (χ0n) is 9.58. The Balaban J connectivity index is 3.76. The van der Waals surface area contributed by atoms with E-state index >= 15 is 0 Å². The average molecular weight is 270 g/mol. The minimum Gasteiger partial charge on any atom is -0.469 e. The maximum Gasteiger partial charge on any atom is 0.472 e. The molecule has 0 aromatic heterocycles. The third kappa shape index (κ3) is 8.82. The summed E-state index contributed by atoms with van der Waals surface area (Å²) in [6.07, 6.45) is -0.331. The highest BCUT2D eigenvalue weighted by Gasteiger charge is 2.21. The van der Waals surface area contributed by atoms with E-state index in [0.29, 0.717) is 0 Å². The van der Waals surface area contributed by atoms with Crippen LogP contribution in [-0.4, -0.2) is 44.3 Å². The Hall–Kier alpha value is -0.950. The average Bonchev–Trinajstić information content (AvgIpc) is 2.27. The summed E-state index contributed by atoms with van der Waals surface area (Å²) in [5, 5.41) is 0. The molecule has 0 atom stereocenters. The lowest BCUT2D eigenvalue weighted by atomic mass is 10.5. The summed E-state index contributed by atoms with van der Waals surface area (Å²) in [7, 11) is -1.87. The molecule has 0 rings (SSSR count). The van der Waals surface area contributed by atoms with E-state index in [4.69, 9.17) is 4.89 Å². The molecule has 0 aromatic rings. The molecule has 0 heterocycles. The van der Waals surface area contributed by atoms with Gasteiger partial charge < -0.3 is 14.4 Å². The highest BCUT2D eigenvalue weighted by molar-refractivity contribution is 7.47. The summed E-state index contributed by atoms with van der Waals surface area (Å²) in [6, 6.07) is 0. The van der Waals surface area contributed by atoms with Crippen molar-refractivity contribution in [2.24, 2.45) is 0 Å². The van der Waals surface area contributed by atoms with Crippen molar-refractivity contribution in [1.82, 2.24) is 0 Å². The Morgan fingerprint density at radius 1 is 1.00 bits per heavy atom. The van der Waals surface area contributed by atoms with Gasteiger partial charge in [0, 0.05) is 0 Å². The lowest BCUT2D eigenvalue weighted by Crippen LogP contribution is -2.08. The number of esters is 2.